The number of hydrogen-bond acceptors (Lipinski definition) is 3. The summed E-state index contributed by atoms with van der Waals surface area (Å²) >= 11 is 0. The lowest BCUT2D eigenvalue weighted by molar-refractivity contribution is -0.139. The third-order valence-corrected chi connectivity index (χ3v) is 2.19. The molecule has 0 radical (unpaired) electrons. The molecule has 1 N–H and O–H groups in total. The molecule has 1 rings (SSSR count). The Labute approximate surface area is 85.6 Å². The van der Waals surface area contributed by atoms with Gasteiger partial charge >= 0.3 is 12.7 Å². The fraction of sp³-hybridized carbons (Fsp3) is 0.875. The van der Waals surface area contributed by atoms with Crippen LogP contribution in [-0.4, -0.2) is 47.7 Å². The number of halogens is 2. The van der Waals surface area contributed by atoms with Crippen LogP contribution in [0, 0.1) is 0 Å². The van der Waals surface area contributed by atoms with Crippen LogP contribution >= 0.6 is 0 Å². The molecule has 1 aliphatic rings. The van der Waals surface area contributed by atoms with Crippen molar-refractivity contribution < 1.29 is 28.2 Å². The molecule has 0 aromatic heterocycles. The Morgan fingerprint density at radius 3 is 2.80 bits per heavy atom. The van der Waals surface area contributed by atoms with Crippen molar-refractivity contribution in [1.82, 2.24) is 4.90 Å². The fourth-order valence-electron chi connectivity index (χ4n) is 1.58. The molecule has 15 heavy (non-hydrogen) atoms. The second-order valence-corrected chi connectivity index (χ2v) is 3.66. The molecular formula is C8H13F2NO4. The monoisotopic (exact) mass is 225 g/mol. The molecule has 1 saturated heterocycles. The Morgan fingerprint density at radius 2 is 2.33 bits per heavy atom. The summed E-state index contributed by atoms with van der Waals surface area (Å²) in [6.45, 7) is -0.0868. The van der Waals surface area contributed by atoms with Crippen molar-refractivity contribution in [1.29, 1.82) is 0 Å². The normalized spacial score (nSPS) is 24.9. The van der Waals surface area contributed by atoms with Gasteiger partial charge in [-0.3, -0.25) is 4.90 Å². The van der Waals surface area contributed by atoms with Crippen LogP contribution in [-0.2, 0) is 9.47 Å². The van der Waals surface area contributed by atoms with Crippen molar-refractivity contribution in [2.24, 2.45) is 0 Å². The Bertz CT molecular complexity index is 247. The summed E-state index contributed by atoms with van der Waals surface area (Å²) in [5.41, 5.74) is -0.998. The summed E-state index contributed by atoms with van der Waals surface area (Å²) < 4.78 is 32.8. The van der Waals surface area contributed by atoms with Crippen molar-refractivity contribution in [2.75, 3.05) is 13.2 Å². The molecule has 0 aromatic rings. The van der Waals surface area contributed by atoms with E-state index in [0.717, 1.165) is 4.90 Å². The topological polar surface area (TPSA) is 59.0 Å². The lowest BCUT2D eigenvalue weighted by atomic mass is 10.2. The van der Waals surface area contributed by atoms with E-state index in [-0.39, 0.29) is 13.2 Å². The third kappa shape index (κ3) is 2.75. The molecule has 7 heteroatoms. The van der Waals surface area contributed by atoms with Gasteiger partial charge in [0, 0.05) is 0 Å². The highest BCUT2D eigenvalue weighted by atomic mass is 19.3. The van der Waals surface area contributed by atoms with Crippen molar-refractivity contribution in [3.8, 4) is 0 Å². The average molecular weight is 225 g/mol. The van der Waals surface area contributed by atoms with Gasteiger partial charge in [-0.25, -0.2) is 4.79 Å². The first-order valence-corrected chi connectivity index (χ1v) is 4.40. The van der Waals surface area contributed by atoms with Crippen molar-refractivity contribution in [3.05, 3.63) is 0 Å². The Balaban J connectivity index is 2.62. The van der Waals surface area contributed by atoms with E-state index >= 15 is 0 Å². The number of rotatable bonds is 3. The van der Waals surface area contributed by atoms with E-state index in [1.165, 1.54) is 0 Å². The molecular weight excluding hydrogens is 212 g/mol. The first-order chi connectivity index (χ1) is 6.84. The highest BCUT2D eigenvalue weighted by molar-refractivity contribution is 5.66. The number of nitrogens with zero attached hydrogens (tertiary/aromatic N) is 1. The van der Waals surface area contributed by atoms with Gasteiger partial charge in [0.15, 0.2) is 0 Å². The molecule has 1 heterocycles. The lowest BCUT2D eigenvalue weighted by Gasteiger charge is -2.30. The van der Waals surface area contributed by atoms with Crippen molar-refractivity contribution in [2.45, 2.75) is 32.2 Å². The van der Waals surface area contributed by atoms with Crippen LogP contribution in [0.2, 0.25) is 0 Å². The third-order valence-electron chi connectivity index (χ3n) is 2.19. The van der Waals surface area contributed by atoms with E-state index in [1.807, 2.05) is 0 Å². The number of carboxylic acid groups (broad SMARTS) is 1. The van der Waals surface area contributed by atoms with Crippen LogP contribution in [0.15, 0.2) is 0 Å². The largest absolute Gasteiger partial charge is 0.465 e. The number of amides is 1. The van der Waals surface area contributed by atoms with Crippen molar-refractivity contribution in [3.63, 3.8) is 0 Å². The maximum absolute atomic E-state index is 11.8. The average Bonchev–Trinajstić information content (AvgIpc) is 2.37. The van der Waals surface area contributed by atoms with Gasteiger partial charge in [-0.05, 0) is 13.8 Å². The van der Waals surface area contributed by atoms with Gasteiger partial charge in [0.1, 0.15) is 5.72 Å². The molecule has 1 fully saturated rings. The van der Waals surface area contributed by atoms with Gasteiger partial charge < -0.3 is 14.6 Å². The predicted molar refractivity (Wildman–Crippen MR) is 45.6 cm³/mol. The smallest absolute Gasteiger partial charge is 0.409 e. The summed E-state index contributed by atoms with van der Waals surface area (Å²) in [4.78, 5) is 11.9. The molecule has 0 bridgehead atoms. The number of carbonyl (C=O) groups is 1. The number of hydrogen-bond donors (Lipinski definition) is 1. The minimum Gasteiger partial charge on any atom is -0.465 e. The van der Waals surface area contributed by atoms with Crippen LogP contribution < -0.4 is 0 Å². The van der Waals surface area contributed by atoms with Gasteiger partial charge in [0.05, 0.1) is 19.3 Å². The first kappa shape index (κ1) is 12.1. The van der Waals surface area contributed by atoms with Gasteiger partial charge in [-0.15, -0.1) is 0 Å². The standard InChI is InChI=1S/C8H13F2NO4/c1-8(2)11(7(12)13)5(4-15-8)3-14-6(9)10/h5-6H,3-4H2,1-2H3,(H,12,13)/t5-/m0/s1. The highest BCUT2D eigenvalue weighted by Gasteiger charge is 2.44. The van der Waals surface area contributed by atoms with Gasteiger partial charge in [0.25, 0.3) is 0 Å². The Hall–Kier alpha value is -0.950. The second-order valence-electron chi connectivity index (χ2n) is 3.66. The van der Waals surface area contributed by atoms with Gasteiger partial charge in [-0.2, -0.15) is 8.78 Å². The molecule has 0 aliphatic carbocycles. The minimum absolute atomic E-state index is 0.0615. The zero-order chi connectivity index (χ0) is 11.6. The molecule has 0 aromatic carbocycles. The molecule has 1 amide bonds. The maximum Gasteiger partial charge on any atom is 0.409 e. The van der Waals surface area contributed by atoms with Crippen LogP contribution in [0.1, 0.15) is 13.8 Å². The molecule has 0 spiro atoms. The van der Waals surface area contributed by atoms with E-state index in [4.69, 9.17) is 9.84 Å². The van der Waals surface area contributed by atoms with E-state index in [1.54, 1.807) is 13.8 Å². The predicted octanol–water partition coefficient (Wildman–Crippen LogP) is 1.34. The van der Waals surface area contributed by atoms with E-state index < -0.39 is 24.5 Å². The van der Waals surface area contributed by atoms with E-state index in [9.17, 15) is 13.6 Å². The fourth-order valence-corrected chi connectivity index (χ4v) is 1.58. The molecule has 1 atom stereocenters. The zero-order valence-corrected chi connectivity index (χ0v) is 8.44. The van der Waals surface area contributed by atoms with Gasteiger partial charge in [-0.1, -0.05) is 0 Å². The summed E-state index contributed by atoms with van der Waals surface area (Å²) in [5, 5.41) is 8.89. The summed E-state index contributed by atoms with van der Waals surface area (Å²) in [6.07, 6.45) is -1.21. The summed E-state index contributed by atoms with van der Waals surface area (Å²) in [5.74, 6) is 0. The van der Waals surface area contributed by atoms with Crippen LogP contribution in [0.3, 0.4) is 0 Å². The molecule has 0 unspecified atom stereocenters. The highest BCUT2D eigenvalue weighted by Crippen LogP contribution is 2.27. The lowest BCUT2D eigenvalue weighted by Crippen LogP contribution is -2.48. The number of ether oxygens (including phenoxy) is 2. The second kappa shape index (κ2) is 4.28. The molecule has 0 saturated carbocycles. The van der Waals surface area contributed by atoms with Crippen LogP contribution in [0.5, 0.6) is 0 Å². The Kier molecular flexibility index (Phi) is 3.46. The van der Waals surface area contributed by atoms with Crippen LogP contribution in [0.4, 0.5) is 13.6 Å². The quantitative estimate of drug-likeness (QED) is 0.787. The summed E-state index contributed by atoms with van der Waals surface area (Å²) in [6, 6.07) is -0.688. The zero-order valence-electron chi connectivity index (χ0n) is 8.44. The maximum atomic E-state index is 11.8. The molecule has 1 aliphatic heterocycles. The van der Waals surface area contributed by atoms with Crippen LogP contribution in [0.25, 0.3) is 0 Å². The van der Waals surface area contributed by atoms with E-state index in [2.05, 4.69) is 4.74 Å². The number of alkyl halides is 2. The first-order valence-electron chi connectivity index (χ1n) is 4.40. The SMILES string of the molecule is CC1(C)OC[C@H](COC(F)F)N1C(=O)O. The van der Waals surface area contributed by atoms with Gasteiger partial charge in [0.2, 0.25) is 0 Å². The van der Waals surface area contributed by atoms with E-state index in [0.29, 0.717) is 0 Å². The van der Waals surface area contributed by atoms with Crippen molar-refractivity contribution >= 4 is 6.09 Å². The minimum atomic E-state index is -2.90. The molecule has 5 nitrogen and oxygen atoms in total. The molecule has 88 valence electrons. The Morgan fingerprint density at radius 1 is 1.73 bits per heavy atom. The summed E-state index contributed by atoms with van der Waals surface area (Å²) in [7, 11) is 0.